The predicted molar refractivity (Wildman–Crippen MR) is 79.2 cm³/mol. The maximum absolute atomic E-state index is 12.6. The molecular weight excluding hydrogens is 347 g/mol. The molecule has 10 heteroatoms. The van der Waals surface area contributed by atoms with Gasteiger partial charge in [0.15, 0.2) is 9.84 Å². The van der Waals surface area contributed by atoms with Gasteiger partial charge in [-0.25, -0.2) is 8.42 Å². The van der Waals surface area contributed by atoms with E-state index in [1.165, 1.54) is 11.8 Å². The van der Waals surface area contributed by atoms with Gasteiger partial charge in [-0.05, 0) is 25.2 Å². The third-order valence-electron chi connectivity index (χ3n) is 4.63. The molecular formula is C14H18F3N3O3S. The lowest BCUT2D eigenvalue weighted by Gasteiger charge is -2.34. The average Bonchev–Trinajstić information content (AvgIpc) is 2.92. The van der Waals surface area contributed by atoms with Crippen LogP contribution in [0.2, 0.25) is 0 Å². The summed E-state index contributed by atoms with van der Waals surface area (Å²) in [7, 11) is -3.05. The number of hydrogen-bond donors (Lipinski definition) is 0. The molecule has 2 unspecified atom stereocenters. The number of carbonyl (C=O) groups is 1. The summed E-state index contributed by atoms with van der Waals surface area (Å²) >= 11 is 0. The number of hydrogen-bond acceptors (Lipinski definition) is 4. The summed E-state index contributed by atoms with van der Waals surface area (Å²) < 4.78 is 61.5. The summed E-state index contributed by atoms with van der Waals surface area (Å²) in [5.74, 6) is -0.147. The molecule has 1 aromatic heterocycles. The van der Waals surface area contributed by atoms with Crippen molar-refractivity contribution in [2.45, 2.75) is 26.1 Å². The van der Waals surface area contributed by atoms with Crippen molar-refractivity contribution in [2.24, 2.45) is 11.8 Å². The number of halogens is 3. The van der Waals surface area contributed by atoms with E-state index in [1.807, 2.05) is 0 Å². The lowest BCUT2D eigenvalue weighted by atomic mass is 9.88. The van der Waals surface area contributed by atoms with Crippen LogP contribution in [0.4, 0.5) is 13.2 Å². The van der Waals surface area contributed by atoms with Gasteiger partial charge in [0.05, 0.1) is 22.8 Å². The molecule has 1 amide bonds. The zero-order valence-corrected chi connectivity index (χ0v) is 13.9. The van der Waals surface area contributed by atoms with Crippen LogP contribution in [-0.2, 0) is 16.4 Å². The molecule has 24 heavy (non-hydrogen) atoms. The first kappa shape index (κ1) is 17.2. The molecule has 0 radical (unpaired) electrons. The van der Waals surface area contributed by atoms with Crippen LogP contribution in [0.1, 0.15) is 22.5 Å². The predicted octanol–water partition coefficient (Wildman–Crippen LogP) is 1.26. The molecule has 0 aromatic carbocycles. The number of aromatic nitrogens is 2. The monoisotopic (exact) mass is 365 g/mol. The van der Waals surface area contributed by atoms with Crippen molar-refractivity contribution in [3.05, 3.63) is 17.5 Å². The fraction of sp³-hybridized carbons (Fsp3) is 0.714. The number of sulfone groups is 1. The lowest BCUT2D eigenvalue weighted by molar-refractivity contribution is -0.142. The van der Waals surface area contributed by atoms with Crippen molar-refractivity contribution < 1.29 is 26.4 Å². The number of fused-ring (bicyclic) bond motifs is 1. The number of nitrogens with zero attached hydrogens (tertiary/aromatic N) is 3. The van der Waals surface area contributed by atoms with Crippen molar-refractivity contribution in [2.75, 3.05) is 24.6 Å². The summed E-state index contributed by atoms with van der Waals surface area (Å²) in [5, 5.41) is 3.75. The quantitative estimate of drug-likeness (QED) is 0.791. The fourth-order valence-corrected chi connectivity index (χ4v) is 5.81. The Bertz CT molecular complexity index is 757. The summed E-state index contributed by atoms with van der Waals surface area (Å²) in [4.78, 5) is 14.1. The number of piperidine rings is 1. The average molecular weight is 365 g/mol. The second-order valence-corrected chi connectivity index (χ2v) is 8.73. The molecule has 2 aliphatic rings. The van der Waals surface area contributed by atoms with Crippen molar-refractivity contribution in [3.63, 3.8) is 0 Å². The minimum absolute atomic E-state index is 0.0769. The molecule has 0 bridgehead atoms. The molecule has 2 saturated heterocycles. The largest absolute Gasteiger partial charge is 0.408 e. The zero-order valence-electron chi connectivity index (χ0n) is 13.1. The van der Waals surface area contributed by atoms with Gasteiger partial charge >= 0.3 is 6.18 Å². The Morgan fingerprint density at radius 3 is 2.67 bits per heavy atom. The standard InChI is InChI=1S/C14H18F3N3O3S/c1-9-12(5-20(18-9)8-14(15,16)17)13(21)19-3-2-10-6-24(22,23)7-11(10)4-19/h5,10-11H,2-4,6-8H2,1H3. The van der Waals surface area contributed by atoms with Crippen LogP contribution in [0.3, 0.4) is 0 Å². The SMILES string of the molecule is Cc1nn(CC(F)(F)F)cc1C(=O)N1CCC2CS(=O)(=O)CC2C1. The first-order chi connectivity index (χ1) is 11.0. The summed E-state index contributed by atoms with van der Waals surface area (Å²) in [5.41, 5.74) is 0.379. The molecule has 0 aliphatic carbocycles. The van der Waals surface area contributed by atoms with Gasteiger partial charge in [0.1, 0.15) is 6.54 Å². The highest BCUT2D eigenvalue weighted by Crippen LogP contribution is 2.33. The number of alkyl halides is 3. The van der Waals surface area contributed by atoms with Crippen molar-refractivity contribution >= 4 is 15.7 Å². The highest BCUT2D eigenvalue weighted by Gasteiger charge is 2.42. The Morgan fingerprint density at radius 1 is 1.33 bits per heavy atom. The van der Waals surface area contributed by atoms with E-state index in [9.17, 15) is 26.4 Å². The second-order valence-electron chi connectivity index (χ2n) is 6.58. The summed E-state index contributed by atoms with van der Waals surface area (Å²) in [6.07, 6.45) is -2.69. The van der Waals surface area contributed by atoms with Crippen LogP contribution in [-0.4, -0.2) is 59.8 Å². The zero-order chi connectivity index (χ0) is 17.7. The van der Waals surface area contributed by atoms with E-state index >= 15 is 0 Å². The molecule has 1 aromatic rings. The van der Waals surface area contributed by atoms with Gasteiger partial charge in [0.25, 0.3) is 5.91 Å². The van der Waals surface area contributed by atoms with Gasteiger partial charge in [0, 0.05) is 19.3 Å². The van der Waals surface area contributed by atoms with Crippen LogP contribution < -0.4 is 0 Å². The van der Waals surface area contributed by atoms with E-state index in [4.69, 9.17) is 0 Å². The van der Waals surface area contributed by atoms with E-state index in [0.717, 1.165) is 10.9 Å². The smallest absolute Gasteiger partial charge is 0.338 e. The Kier molecular flexibility index (Phi) is 4.13. The first-order valence-corrected chi connectivity index (χ1v) is 9.47. The van der Waals surface area contributed by atoms with Crippen LogP contribution in [0.5, 0.6) is 0 Å². The number of amides is 1. The van der Waals surface area contributed by atoms with Gasteiger partial charge < -0.3 is 4.90 Å². The number of aryl methyl sites for hydroxylation is 1. The summed E-state index contributed by atoms with van der Waals surface area (Å²) in [6, 6.07) is 0. The molecule has 0 spiro atoms. The lowest BCUT2D eigenvalue weighted by Crippen LogP contribution is -2.43. The Morgan fingerprint density at radius 2 is 2.00 bits per heavy atom. The maximum atomic E-state index is 12.6. The minimum atomic E-state index is -4.41. The van der Waals surface area contributed by atoms with Gasteiger partial charge in [-0.2, -0.15) is 18.3 Å². The molecule has 3 heterocycles. The van der Waals surface area contributed by atoms with E-state index in [1.54, 1.807) is 0 Å². The third kappa shape index (κ3) is 3.57. The fourth-order valence-electron chi connectivity index (χ4n) is 3.56. The maximum Gasteiger partial charge on any atom is 0.408 e. The third-order valence-corrected chi connectivity index (χ3v) is 6.50. The van der Waals surface area contributed by atoms with Crippen LogP contribution in [0.25, 0.3) is 0 Å². The Labute approximate surface area is 137 Å². The van der Waals surface area contributed by atoms with Crippen LogP contribution in [0.15, 0.2) is 6.20 Å². The first-order valence-electron chi connectivity index (χ1n) is 7.64. The molecule has 2 atom stereocenters. The van der Waals surface area contributed by atoms with Crippen molar-refractivity contribution in [1.82, 2.24) is 14.7 Å². The minimum Gasteiger partial charge on any atom is -0.338 e. The molecule has 0 N–H and O–H groups in total. The Hall–Kier alpha value is -1.58. The van der Waals surface area contributed by atoms with E-state index < -0.39 is 22.6 Å². The number of rotatable bonds is 2. The molecule has 2 fully saturated rings. The topological polar surface area (TPSA) is 72.3 Å². The number of likely N-dealkylation sites (tertiary alicyclic amines) is 1. The second kappa shape index (κ2) is 5.75. The molecule has 134 valence electrons. The highest BCUT2D eigenvalue weighted by molar-refractivity contribution is 7.91. The highest BCUT2D eigenvalue weighted by atomic mass is 32.2. The van der Waals surface area contributed by atoms with Crippen LogP contribution >= 0.6 is 0 Å². The van der Waals surface area contributed by atoms with E-state index in [2.05, 4.69) is 5.10 Å². The normalized spacial score (nSPS) is 26.4. The van der Waals surface area contributed by atoms with E-state index in [0.29, 0.717) is 19.5 Å². The molecule has 0 saturated carbocycles. The van der Waals surface area contributed by atoms with Crippen molar-refractivity contribution in [1.29, 1.82) is 0 Å². The van der Waals surface area contributed by atoms with E-state index in [-0.39, 0.29) is 40.5 Å². The van der Waals surface area contributed by atoms with Gasteiger partial charge in [-0.3, -0.25) is 9.48 Å². The van der Waals surface area contributed by atoms with Gasteiger partial charge in [0.2, 0.25) is 0 Å². The van der Waals surface area contributed by atoms with Crippen LogP contribution in [0, 0.1) is 18.8 Å². The molecule has 6 nitrogen and oxygen atoms in total. The Balaban J connectivity index is 1.73. The van der Waals surface area contributed by atoms with Gasteiger partial charge in [-0.15, -0.1) is 0 Å². The number of carbonyl (C=O) groups excluding carboxylic acids is 1. The van der Waals surface area contributed by atoms with Crippen molar-refractivity contribution in [3.8, 4) is 0 Å². The molecule has 3 rings (SSSR count). The van der Waals surface area contributed by atoms with Gasteiger partial charge in [-0.1, -0.05) is 0 Å². The molecule has 2 aliphatic heterocycles. The summed E-state index contributed by atoms with van der Waals surface area (Å²) in [6.45, 7) is 0.989.